The molecule has 2 unspecified atom stereocenters. The molecule has 0 bridgehead atoms. The second-order valence-electron chi connectivity index (χ2n) is 5.53. The van der Waals surface area contributed by atoms with E-state index >= 15 is 0 Å². The lowest BCUT2D eigenvalue weighted by Crippen LogP contribution is -2.52. The molecule has 106 valence electrons. The van der Waals surface area contributed by atoms with Crippen LogP contribution in [-0.4, -0.2) is 37.7 Å². The molecule has 19 heavy (non-hydrogen) atoms. The van der Waals surface area contributed by atoms with E-state index in [0.717, 1.165) is 37.8 Å². The van der Waals surface area contributed by atoms with Crippen LogP contribution in [0.15, 0.2) is 24.3 Å². The monoisotopic (exact) mass is 262 g/mol. The van der Waals surface area contributed by atoms with Crippen LogP contribution in [0.25, 0.3) is 0 Å². The van der Waals surface area contributed by atoms with Crippen molar-refractivity contribution in [3.8, 4) is 5.75 Å². The topological polar surface area (TPSA) is 24.5 Å². The molecule has 1 saturated heterocycles. The number of methoxy groups -OCH3 is 1. The van der Waals surface area contributed by atoms with E-state index in [9.17, 15) is 0 Å². The highest BCUT2D eigenvalue weighted by Crippen LogP contribution is 2.16. The molecule has 2 atom stereocenters. The summed E-state index contributed by atoms with van der Waals surface area (Å²) in [7, 11) is 1.71. The molecule has 1 aromatic rings. The number of piperazine rings is 1. The number of hydrogen-bond acceptors (Lipinski definition) is 3. The standard InChI is InChI=1S/C16H26N2O/c1-4-13(2)16-12-18(10-9-17-16)11-14-5-7-15(19-3)8-6-14/h5-8,13,16-17H,4,9-12H2,1-3H3. The van der Waals surface area contributed by atoms with E-state index in [1.807, 2.05) is 12.1 Å². The van der Waals surface area contributed by atoms with Gasteiger partial charge in [0, 0.05) is 32.2 Å². The Hall–Kier alpha value is -1.06. The highest BCUT2D eigenvalue weighted by atomic mass is 16.5. The highest BCUT2D eigenvalue weighted by molar-refractivity contribution is 5.27. The summed E-state index contributed by atoms with van der Waals surface area (Å²) in [6, 6.07) is 9.06. The Balaban J connectivity index is 1.90. The summed E-state index contributed by atoms with van der Waals surface area (Å²) < 4.78 is 5.20. The van der Waals surface area contributed by atoms with Crippen LogP contribution in [-0.2, 0) is 6.54 Å². The summed E-state index contributed by atoms with van der Waals surface area (Å²) in [6.07, 6.45) is 1.24. The third kappa shape index (κ3) is 3.95. The van der Waals surface area contributed by atoms with Crippen molar-refractivity contribution in [1.29, 1.82) is 0 Å². The second kappa shape index (κ2) is 6.92. The predicted octanol–water partition coefficient (Wildman–Crippen LogP) is 2.52. The van der Waals surface area contributed by atoms with E-state index in [1.54, 1.807) is 7.11 Å². The lowest BCUT2D eigenvalue weighted by molar-refractivity contribution is 0.162. The molecule has 0 spiro atoms. The summed E-state index contributed by atoms with van der Waals surface area (Å²) >= 11 is 0. The zero-order valence-electron chi connectivity index (χ0n) is 12.4. The van der Waals surface area contributed by atoms with Gasteiger partial charge in [-0.3, -0.25) is 4.90 Å². The molecule has 2 rings (SSSR count). The first-order valence-electron chi connectivity index (χ1n) is 7.31. The number of nitrogens with zero attached hydrogens (tertiary/aromatic N) is 1. The third-order valence-electron chi connectivity index (χ3n) is 4.19. The SMILES string of the molecule is CCC(C)C1CN(Cc2ccc(OC)cc2)CCN1. The summed E-state index contributed by atoms with van der Waals surface area (Å²) in [5.41, 5.74) is 1.37. The number of ether oxygens (including phenoxy) is 1. The van der Waals surface area contributed by atoms with E-state index in [2.05, 4.69) is 36.2 Å². The van der Waals surface area contributed by atoms with Crippen molar-refractivity contribution >= 4 is 0 Å². The van der Waals surface area contributed by atoms with Crippen LogP contribution in [0.5, 0.6) is 5.75 Å². The van der Waals surface area contributed by atoms with E-state index in [-0.39, 0.29) is 0 Å². The number of nitrogens with one attached hydrogen (secondary N) is 1. The predicted molar refractivity (Wildman–Crippen MR) is 79.5 cm³/mol. The minimum absolute atomic E-state index is 0.636. The van der Waals surface area contributed by atoms with Gasteiger partial charge < -0.3 is 10.1 Å². The zero-order valence-corrected chi connectivity index (χ0v) is 12.4. The fraction of sp³-hybridized carbons (Fsp3) is 0.625. The zero-order chi connectivity index (χ0) is 13.7. The third-order valence-corrected chi connectivity index (χ3v) is 4.19. The molecule has 0 saturated carbocycles. The van der Waals surface area contributed by atoms with Gasteiger partial charge in [-0.05, 0) is 23.6 Å². The van der Waals surface area contributed by atoms with E-state index < -0.39 is 0 Å². The Morgan fingerprint density at radius 1 is 1.37 bits per heavy atom. The van der Waals surface area contributed by atoms with Crippen LogP contribution in [0.2, 0.25) is 0 Å². The Morgan fingerprint density at radius 2 is 2.11 bits per heavy atom. The quantitative estimate of drug-likeness (QED) is 0.882. The summed E-state index contributed by atoms with van der Waals surface area (Å²) in [6.45, 7) is 9.05. The first-order chi connectivity index (χ1) is 9.22. The molecule has 1 N–H and O–H groups in total. The maximum atomic E-state index is 5.20. The van der Waals surface area contributed by atoms with Crippen LogP contribution < -0.4 is 10.1 Å². The molecule has 0 aromatic heterocycles. The van der Waals surface area contributed by atoms with Gasteiger partial charge in [0.05, 0.1) is 7.11 Å². The van der Waals surface area contributed by atoms with Gasteiger partial charge in [-0.25, -0.2) is 0 Å². The summed E-state index contributed by atoms with van der Waals surface area (Å²) in [5, 5.41) is 3.64. The van der Waals surface area contributed by atoms with Gasteiger partial charge in [0.2, 0.25) is 0 Å². The van der Waals surface area contributed by atoms with Crippen LogP contribution >= 0.6 is 0 Å². The molecule has 3 nitrogen and oxygen atoms in total. The first-order valence-corrected chi connectivity index (χ1v) is 7.31. The minimum Gasteiger partial charge on any atom is -0.497 e. The number of hydrogen-bond donors (Lipinski definition) is 1. The van der Waals surface area contributed by atoms with Gasteiger partial charge in [-0.1, -0.05) is 32.4 Å². The molecule has 0 aliphatic carbocycles. The smallest absolute Gasteiger partial charge is 0.118 e. The van der Waals surface area contributed by atoms with E-state index in [1.165, 1.54) is 12.0 Å². The Labute approximate surface area is 116 Å². The summed E-state index contributed by atoms with van der Waals surface area (Å²) in [4.78, 5) is 2.55. The molecule has 1 aliphatic rings. The van der Waals surface area contributed by atoms with Gasteiger partial charge in [0.1, 0.15) is 5.75 Å². The molecule has 1 fully saturated rings. The molecule has 3 heteroatoms. The molecule has 0 radical (unpaired) electrons. The minimum atomic E-state index is 0.636. The Morgan fingerprint density at radius 3 is 2.74 bits per heavy atom. The van der Waals surface area contributed by atoms with Gasteiger partial charge in [-0.15, -0.1) is 0 Å². The van der Waals surface area contributed by atoms with Crippen LogP contribution in [0, 0.1) is 5.92 Å². The molecular formula is C16H26N2O. The largest absolute Gasteiger partial charge is 0.497 e. The van der Waals surface area contributed by atoms with Gasteiger partial charge in [0.15, 0.2) is 0 Å². The second-order valence-corrected chi connectivity index (χ2v) is 5.53. The molecule has 1 heterocycles. The van der Waals surface area contributed by atoms with Gasteiger partial charge in [-0.2, -0.15) is 0 Å². The highest BCUT2D eigenvalue weighted by Gasteiger charge is 2.22. The van der Waals surface area contributed by atoms with Crippen LogP contribution in [0.4, 0.5) is 0 Å². The fourth-order valence-electron chi connectivity index (χ4n) is 2.64. The fourth-order valence-corrected chi connectivity index (χ4v) is 2.64. The van der Waals surface area contributed by atoms with Crippen molar-refractivity contribution in [2.45, 2.75) is 32.9 Å². The lowest BCUT2D eigenvalue weighted by Gasteiger charge is -2.36. The maximum absolute atomic E-state index is 5.20. The molecule has 1 aromatic carbocycles. The molecular weight excluding hydrogens is 236 g/mol. The average molecular weight is 262 g/mol. The van der Waals surface area contributed by atoms with Crippen molar-refractivity contribution in [3.63, 3.8) is 0 Å². The Bertz CT molecular complexity index is 377. The van der Waals surface area contributed by atoms with Crippen molar-refractivity contribution in [1.82, 2.24) is 10.2 Å². The van der Waals surface area contributed by atoms with Crippen molar-refractivity contribution in [2.24, 2.45) is 5.92 Å². The van der Waals surface area contributed by atoms with Gasteiger partial charge in [0.25, 0.3) is 0 Å². The summed E-state index contributed by atoms with van der Waals surface area (Å²) in [5.74, 6) is 1.68. The average Bonchev–Trinajstić information content (AvgIpc) is 2.47. The normalized spacial score (nSPS) is 22.2. The van der Waals surface area contributed by atoms with Crippen LogP contribution in [0.3, 0.4) is 0 Å². The Kier molecular flexibility index (Phi) is 5.23. The van der Waals surface area contributed by atoms with Gasteiger partial charge >= 0.3 is 0 Å². The first kappa shape index (κ1) is 14.4. The number of rotatable bonds is 5. The van der Waals surface area contributed by atoms with E-state index in [0.29, 0.717) is 6.04 Å². The van der Waals surface area contributed by atoms with Crippen molar-refractivity contribution in [2.75, 3.05) is 26.7 Å². The van der Waals surface area contributed by atoms with Crippen LogP contribution in [0.1, 0.15) is 25.8 Å². The van der Waals surface area contributed by atoms with Crippen molar-refractivity contribution in [3.05, 3.63) is 29.8 Å². The van der Waals surface area contributed by atoms with E-state index in [4.69, 9.17) is 4.74 Å². The molecule has 0 amide bonds. The lowest BCUT2D eigenvalue weighted by atomic mass is 9.97. The maximum Gasteiger partial charge on any atom is 0.118 e. The number of benzene rings is 1. The van der Waals surface area contributed by atoms with Crippen molar-refractivity contribution < 1.29 is 4.74 Å². The molecule has 1 aliphatic heterocycles.